The Morgan fingerprint density at radius 1 is 0.886 bits per heavy atom. The Balaban J connectivity index is 1.51. The van der Waals surface area contributed by atoms with Crippen LogP contribution >= 0.6 is 11.3 Å². The molecule has 0 bridgehead atoms. The number of thiophene rings is 1. The first-order valence-electron chi connectivity index (χ1n) is 10.7. The van der Waals surface area contributed by atoms with Crippen LogP contribution in [0.3, 0.4) is 0 Å². The van der Waals surface area contributed by atoms with Gasteiger partial charge in [0.1, 0.15) is 6.04 Å². The van der Waals surface area contributed by atoms with E-state index in [0.29, 0.717) is 10.6 Å². The predicted octanol–water partition coefficient (Wildman–Crippen LogP) is 4.19. The summed E-state index contributed by atoms with van der Waals surface area (Å²) >= 11 is 1.26. The van der Waals surface area contributed by atoms with Crippen molar-refractivity contribution in [2.24, 2.45) is 5.73 Å². The van der Waals surface area contributed by atoms with Gasteiger partial charge in [-0.1, -0.05) is 36.4 Å². The third kappa shape index (κ3) is 6.07. The summed E-state index contributed by atoms with van der Waals surface area (Å²) in [5.41, 5.74) is 6.96. The molecule has 0 aliphatic carbocycles. The lowest BCUT2D eigenvalue weighted by molar-refractivity contribution is -0.126. The molecule has 4 rings (SSSR count). The average molecular weight is 494 g/mol. The van der Waals surface area contributed by atoms with E-state index in [4.69, 9.17) is 5.73 Å². The number of rotatable bonds is 8. The fourth-order valence-electron chi connectivity index (χ4n) is 3.61. The topological polar surface area (TPSA) is 101 Å². The molecule has 0 unspecified atom stereocenters. The molecule has 0 aliphatic heterocycles. The van der Waals surface area contributed by atoms with Gasteiger partial charge in [-0.05, 0) is 52.9 Å². The van der Waals surface area contributed by atoms with Gasteiger partial charge in [0.2, 0.25) is 11.8 Å². The number of carbonyl (C=O) groups excluding carboxylic acids is 3. The van der Waals surface area contributed by atoms with E-state index in [1.807, 2.05) is 30.3 Å². The van der Waals surface area contributed by atoms with Crippen molar-refractivity contribution in [2.75, 3.05) is 5.32 Å². The highest BCUT2D eigenvalue weighted by Gasteiger charge is 2.22. The van der Waals surface area contributed by atoms with Crippen molar-refractivity contribution in [1.82, 2.24) is 5.32 Å². The van der Waals surface area contributed by atoms with Gasteiger partial charge >= 0.3 is 0 Å². The summed E-state index contributed by atoms with van der Waals surface area (Å²) in [6, 6.07) is 18.3. The highest BCUT2D eigenvalue weighted by molar-refractivity contribution is 7.20. The summed E-state index contributed by atoms with van der Waals surface area (Å²) < 4.78 is 27.5. The van der Waals surface area contributed by atoms with Crippen molar-refractivity contribution < 1.29 is 23.2 Å². The molecule has 0 saturated heterocycles. The zero-order valence-electron chi connectivity index (χ0n) is 18.4. The van der Waals surface area contributed by atoms with E-state index in [9.17, 15) is 23.2 Å². The minimum absolute atomic E-state index is 0.216. The standard InChI is InChI=1S/C26H21F2N3O3S/c27-19-8-6-16(10-20(19)28)12-24(32)31-21(11-15-4-2-1-3-5-15)26(34)30-18-7-9-22-17(13-18)14-23(35-22)25(29)33/h1-10,13-14,21H,11-12H2,(H2,29,33)(H,30,34)(H,31,32)/t21-/m0/s1. The first-order valence-corrected chi connectivity index (χ1v) is 11.5. The maximum absolute atomic E-state index is 13.5. The van der Waals surface area contributed by atoms with Crippen LogP contribution in [0.15, 0.2) is 72.8 Å². The van der Waals surface area contributed by atoms with Crippen LogP contribution in [-0.4, -0.2) is 23.8 Å². The minimum Gasteiger partial charge on any atom is -0.365 e. The van der Waals surface area contributed by atoms with Gasteiger partial charge in [0, 0.05) is 16.8 Å². The number of primary amides is 1. The van der Waals surface area contributed by atoms with Gasteiger partial charge in [0.05, 0.1) is 11.3 Å². The second-order valence-electron chi connectivity index (χ2n) is 7.95. The lowest BCUT2D eigenvalue weighted by Gasteiger charge is -2.19. The van der Waals surface area contributed by atoms with E-state index in [0.717, 1.165) is 27.8 Å². The van der Waals surface area contributed by atoms with Gasteiger partial charge in [-0.15, -0.1) is 11.3 Å². The summed E-state index contributed by atoms with van der Waals surface area (Å²) in [5, 5.41) is 6.26. The number of nitrogens with one attached hydrogen (secondary N) is 2. The first kappa shape index (κ1) is 24.0. The molecular formula is C26H21F2N3O3S. The molecule has 0 spiro atoms. The normalized spacial score (nSPS) is 11.7. The van der Waals surface area contributed by atoms with Crippen LogP contribution in [0.4, 0.5) is 14.5 Å². The van der Waals surface area contributed by atoms with E-state index < -0.39 is 35.4 Å². The van der Waals surface area contributed by atoms with Crippen LogP contribution in [0.25, 0.3) is 10.1 Å². The van der Waals surface area contributed by atoms with Crippen molar-refractivity contribution >= 4 is 44.8 Å². The predicted molar refractivity (Wildman–Crippen MR) is 131 cm³/mol. The summed E-state index contributed by atoms with van der Waals surface area (Å²) in [6.45, 7) is 0. The van der Waals surface area contributed by atoms with Gasteiger partial charge in [-0.25, -0.2) is 8.78 Å². The monoisotopic (exact) mass is 493 g/mol. The molecule has 35 heavy (non-hydrogen) atoms. The molecule has 6 nitrogen and oxygen atoms in total. The lowest BCUT2D eigenvalue weighted by Crippen LogP contribution is -2.45. The molecule has 1 atom stereocenters. The molecular weight excluding hydrogens is 472 g/mol. The molecule has 0 saturated carbocycles. The molecule has 0 radical (unpaired) electrons. The molecule has 9 heteroatoms. The van der Waals surface area contributed by atoms with Crippen LogP contribution in [0.2, 0.25) is 0 Å². The molecule has 3 amide bonds. The average Bonchev–Trinajstić information content (AvgIpc) is 3.26. The lowest BCUT2D eigenvalue weighted by atomic mass is 10.0. The van der Waals surface area contributed by atoms with Gasteiger partial charge in [0.25, 0.3) is 5.91 Å². The Labute approximate surface area is 203 Å². The fourth-order valence-corrected chi connectivity index (χ4v) is 4.51. The van der Waals surface area contributed by atoms with E-state index in [2.05, 4.69) is 10.6 Å². The summed E-state index contributed by atoms with van der Waals surface area (Å²) in [6.07, 6.45) is 0.00916. The van der Waals surface area contributed by atoms with Crippen LogP contribution in [-0.2, 0) is 22.4 Å². The number of fused-ring (bicyclic) bond motifs is 1. The van der Waals surface area contributed by atoms with E-state index in [1.54, 1.807) is 24.3 Å². The molecule has 1 aromatic heterocycles. The quantitative estimate of drug-likeness (QED) is 0.343. The Morgan fingerprint density at radius 2 is 1.66 bits per heavy atom. The number of nitrogens with two attached hydrogens (primary N) is 1. The number of hydrogen-bond donors (Lipinski definition) is 3. The van der Waals surface area contributed by atoms with E-state index >= 15 is 0 Å². The van der Waals surface area contributed by atoms with E-state index in [1.165, 1.54) is 17.4 Å². The van der Waals surface area contributed by atoms with Crippen molar-refractivity contribution in [3.05, 3.63) is 100 Å². The van der Waals surface area contributed by atoms with Gasteiger partial charge in [0.15, 0.2) is 11.6 Å². The van der Waals surface area contributed by atoms with Crippen molar-refractivity contribution in [1.29, 1.82) is 0 Å². The van der Waals surface area contributed by atoms with Gasteiger partial charge < -0.3 is 16.4 Å². The third-order valence-electron chi connectivity index (χ3n) is 5.31. The SMILES string of the molecule is NC(=O)c1cc2cc(NC(=O)[C@H](Cc3ccccc3)NC(=O)Cc3ccc(F)c(F)c3)ccc2s1. The third-order valence-corrected chi connectivity index (χ3v) is 6.44. The maximum atomic E-state index is 13.5. The smallest absolute Gasteiger partial charge is 0.258 e. The van der Waals surface area contributed by atoms with Gasteiger partial charge in [-0.3, -0.25) is 14.4 Å². The highest BCUT2D eigenvalue weighted by Crippen LogP contribution is 2.28. The summed E-state index contributed by atoms with van der Waals surface area (Å²) in [7, 11) is 0. The highest BCUT2D eigenvalue weighted by atomic mass is 32.1. The van der Waals surface area contributed by atoms with Crippen molar-refractivity contribution in [3.8, 4) is 0 Å². The second kappa shape index (κ2) is 10.4. The van der Waals surface area contributed by atoms with Crippen LogP contribution in [0.1, 0.15) is 20.8 Å². The summed E-state index contributed by atoms with van der Waals surface area (Å²) in [5.74, 6) is -3.52. The molecule has 4 aromatic rings. The zero-order chi connectivity index (χ0) is 24.9. The van der Waals surface area contributed by atoms with E-state index in [-0.39, 0.29) is 18.4 Å². The number of anilines is 1. The van der Waals surface area contributed by atoms with Crippen molar-refractivity contribution in [2.45, 2.75) is 18.9 Å². The van der Waals surface area contributed by atoms with Gasteiger partial charge in [-0.2, -0.15) is 0 Å². The molecule has 4 N–H and O–H groups in total. The number of amides is 3. The Hall–Kier alpha value is -4.11. The minimum atomic E-state index is -1.04. The Bertz CT molecular complexity index is 1410. The van der Waals surface area contributed by atoms with Crippen molar-refractivity contribution in [3.63, 3.8) is 0 Å². The van der Waals surface area contributed by atoms with Crippen LogP contribution in [0.5, 0.6) is 0 Å². The fraction of sp³-hybridized carbons (Fsp3) is 0.115. The molecule has 1 heterocycles. The number of carbonyl (C=O) groups is 3. The number of benzene rings is 3. The molecule has 3 aromatic carbocycles. The first-order chi connectivity index (χ1) is 16.8. The Kier molecular flexibility index (Phi) is 7.17. The van der Waals surface area contributed by atoms with Crippen LogP contribution < -0.4 is 16.4 Å². The Morgan fingerprint density at radius 3 is 2.37 bits per heavy atom. The molecule has 0 aliphatic rings. The molecule has 178 valence electrons. The van der Waals surface area contributed by atoms with Crippen LogP contribution in [0, 0.1) is 11.6 Å². The zero-order valence-corrected chi connectivity index (χ0v) is 19.2. The largest absolute Gasteiger partial charge is 0.365 e. The maximum Gasteiger partial charge on any atom is 0.258 e. The molecule has 0 fully saturated rings. The number of hydrogen-bond acceptors (Lipinski definition) is 4. The summed E-state index contributed by atoms with van der Waals surface area (Å²) in [4.78, 5) is 37.7. The number of halogens is 2. The second-order valence-corrected chi connectivity index (χ2v) is 9.04.